The van der Waals surface area contributed by atoms with Crippen LogP contribution in [0.1, 0.15) is 30.8 Å². The summed E-state index contributed by atoms with van der Waals surface area (Å²) in [6, 6.07) is 8.90. The van der Waals surface area contributed by atoms with Crippen molar-refractivity contribution in [1.82, 2.24) is 10.5 Å². The van der Waals surface area contributed by atoms with E-state index in [9.17, 15) is 4.79 Å². The van der Waals surface area contributed by atoms with Gasteiger partial charge in [0.15, 0.2) is 11.5 Å². The maximum absolute atomic E-state index is 11.9. The van der Waals surface area contributed by atoms with Gasteiger partial charge in [0.25, 0.3) is 5.91 Å². The largest absolute Gasteiger partial charge is 0.355 e. The van der Waals surface area contributed by atoms with Crippen LogP contribution in [0.5, 0.6) is 0 Å². The van der Waals surface area contributed by atoms with Crippen LogP contribution in [0.25, 0.3) is 11.3 Å². The summed E-state index contributed by atoms with van der Waals surface area (Å²) < 4.78 is 5.17. The van der Waals surface area contributed by atoms with E-state index in [2.05, 4.69) is 10.5 Å². The van der Waals surface area contributed by atoms with Crippen molar-refractivity contribution in [2.75, 3.05) is 0 Å². The Morgan fingerprint density at radius 1 is 1.42 bits per heavy atom. The van der Waals surface area contributed by atoms with Crippen LogP contribution in [0, 0.1) is 0 Å². The molecule has 1 atom stereocenters. The molecule has 0 fully saturated rings. The molecule has 0 unspecified atom stereocenters. The third-order valence-electron chi connectivity index (χ3n) is 2.86. The van der Waals surface area contributed by atoms with Gasteiger partial charge in [0.1, 0.15) is 0 Å². The lowest BCUT2D eigenvalue weighted by Crippen LogP contribution is -2.32. The Labute approximate surface area is 116 Å². The van der Waals surface area contributed by atoms with Crippen LogP contribution in [0.15, 0.2) is 34.9 Å². The zero-order chi connectivity index (χ0) is 13.8. The predicted octanol–water partition coefficient (Wildman–Crippen LogP) is 3.52. The SMILES string of the molecule is CC[C@@H](C)NC(=O)c1cc(-c2ccc(Cl)cc2)on1. The molecule has 0 aliphatic heterocycles. The van der Waals surface area contributed by atoms with Crippen LogP contribution in [0.4, 0.5) is 0 Å². The Kier molecular flexibility index (Phi) is 4.22. The zero-order valence-corrected chi connectivity index (χ0v) is 11.6. The number of rotatable bonds is 4. The van der Waals surface area contributed by atoms with E-state index in [0.717, 1.165) is 12.0 Å². The fourth-order valence-corrected chi connectivity index (χ4v) is 1.66. The number of benzene rings is 1. The van der Waals surface area contributed by atoms with Crippen molar-refractivity contribution < 1.29 is 9.32 Å². The van der Waals surface area contributed by atoms with Crippen LogP contribution in [-0.4, -0.2) is 17.1 Å². The second-order valence-corrected chi connectivity index (χ2v) is 4.80. The molecule has 0 spiro atoms. The van der Waals surface area contributed by atoms with E-state index in [1.807, 2.05) is 26.0 Å². The number of nitrogens with one attached hydrogen (secondary N) is 1. The summed E-state index contributed by atoms with van der Waals surface area (Å²) in [6.07, 6.45) is 0.869. The van der Waals surface area contributed by atoms with Crippen molar-refractivity contribution in [3.63, 3.8) is 0 Å². The van der Waals surface area contributed by atoms with E-state index >= 15 is 0 Å². The third kappa shape index (κ3) is 3.35. The lowest BCUT2D eigenvalue weighted by Gasteiger charge is -2.08. The van der Waals surface area contributed by atoms with Crippen molar-refractivity contribution in [3.05, 3.63) is 41.0 Å². The highest BCUT2D eigenvalue weighted by molar-refractivity contribution is 6.30. The summed E-state index contributed by atoms with van der Waals surface area (Å²) in [5.41, 5.74) is 1.12. The van der Waals surface area contributed by atoms with Crippen molar-refractivity contribution in [1.29, 1.82) is 0 Å². The topological polar surface area (TPSA) is 55.1 Å². The lowest BCUT2D eigenvalue weighted by atomic mass is 10.1. The summed E-state index contributed by atoms with van der Waals surface area (Å²) in [7, 11) is 0. The Hall–Kier alpha value is -1.81. The third-order valence-corrected chi connectivity index (χ3v) is 3.11. The molecule has 0 saturated heterocycles. The molecule has 1 aromatic heterocycles. The maximum Gasteiger partial charge on any atom is 0.273 e. The highest BCUT2D eigenvalue weighted by Crippen LogP contribution is 2.22. The van der Waals surface area contributed by atoms with E-state index in [1.54, 1.807) is 18.2 Å². The van der Waals surface area contributed by atoms with E-state index in [0.29, 0.717) is 10.8 Å². The highest BCUT2D eigenvalue weighted by Gasteiger charge is 2.14. The molecule has 0 bridgehead atoms. The standard InChI is InChI=1S/C14H15ClN2O2/c1-3-9(2)16-14(18)12-8-13(19-17-12)10-4-6-11(15)7-5-10/h4-9H,3H2,1-2H3,(H,16,18)/t9-/m1/s1. The Morgan fingerprint density at radius 2 is 2.11 bits per heavy atom. The second kappa shape index (κ2) is 5.89. The van der Waals surface area contributed by atoms with Gasteiger partial charge < -0.3 is 9.84 Å². The summed E-state index contributed by atoms with van der Waals surface area (Å²) in [6.45, 7) is 3.95. The molecule has 0 radical (unpaired) electrons. The lowest BCUT2D eigenvalue weighted by molar-refractivity contribution is 0.0930. The molecule has 1 heterocycles. The molecule has 1 amide bonds. The van der Waals surface area contributed by atoms with Crippen molar-refractivity contribution in [2.24, 2.45) is 0 Å². The van der Waals surface area contributed by atoms with Gasteiger partial charge in [-0.3, -0.25) is 4.79 Å². The minimum atomic E-state index is -0.224. The van der Waals surface area contributed by atoms with Crippen LogP contribution in [0.3, 0.4) is 0 Å². The number of amides is 1. The number of aromatic nitrogens is 1. The number of carbonyl (C=O) groups excluding carboxylic acids is 1. The smallest absolute Gasteiger partial charge is 0.273 e. The molecule has 1 N–H and O–H groups in total. The zero-order valence-electron chi connectivity index (χ0n) is 10.8. The number of nitrogens with zero attached hydrogens (tertiary/aromatic N) is 1. The summed E-state index contributed by atoms with van der Waals surface area (Å²) in [5.74, 6) is 0.323. The quantitative estimate of drug-likeness (QED) is 0.931. The first-order valence-corrected chi connectivity index (χ1v) is 6.51. The van der Waals surface area contributed by atoms with Crippen LogP contribution < -0.4 is 5.32 Å². The fraction of sp³-hybridized carbons (Fsp3) is 0.286. The van der Waals surface area contributed by atoms with Gasteiger partial charge in [-0.2, -0.15) is 0 Å². The maximum atomic E-state index is 11.9. The van der Waals surface area contributed by atoms with Gasteiger partial charge in [-0.25, -0.2) is 0 Å². The molecule has 5 heteroatoms. The first-order valence-electron chi connectivity index (χ1n) is 6.13. The Balaban J connectivity index is 2.15. The monoisotopic (exact) mass is 278 g/mol. The van der Waals surface area contributed by atoms with Crippen LogP contribution >= 0.6 is 11.6 Å². The minimum absolute atomic E-state index is 0.114. The summed E-state index contributed by atoms with van der Waals surface area (Å²) in [5, 5.41) is 7.27. The number of hydrogen-bond donors (Lipinski definition) is 1. The Morgan fingerprint density at radius 3 is 2.74 bits per heavy atom. The van der Waals surface area contributed by atoms with Crippen LogP contribution in [0.2, 0.25) is 5.02 Å². The molecular weight excluding hydrogens is 264 g/mol. The van der Waals surface area contributed by atoms with Gasteiger partial charge in [0.2, 0.25) is 0 Å². The molecule has 0 aliphatic carbocycles. The van der Waals surface area contributed by atoms with E-state index in [4.69, 9.17) is 16.1 Å². The molecule has 19 heavy (non-hydrogen) atoms. The summed E-state index contributed by atoms with van der Waals surface area (Å²) >= 11 is 5.82. The fourth-order valence-electron chi connectivity index (χ4n) is 1.53. The van der Waals surface area contributed by atoms with Crippen LogP contribution in [-0.2, 0) is 0 Å². The van der Waals surface area contributed by atoms with Gasteiger partial charge in [0.05, 0.1) is 0 Å². The first kappa shape index (κ1) is 13.6. The van der Waals surface area contributed by atoms with Crippen molar-refractivity contribution >= 4 is 17.5 Å². The second-order valence-electron chi connectivity index (χ2n) is 4.37. The minimum Gasteiger partial charge on any atom is -0.355 e. The highest BCUT2D eigenvalue weighted by atomic mass is 35.5. The van der Waals surface area contributed by atoms with E-state index in [-0.39, 0.29) is 17.6 Å². The first-order chi connectivity index (χ1) is 9.10. The molecule has 100 valence electrons. The molecule has 0 aliphatic rings. The molecule has 4 nitrogen and oxygen atoms in total. The number of hydrogen-bond acceptors (Lipinski definition) is 3. The van der Waals surface area contributed by atoms with Gasteiger partial charge in [-0.05, 0) is 37.6 Å². The van der Waals surface area contributed by atoms with Gasteiger partial charge >= 0.3 is 0 Å². The van der Waals surface area contributed by atoms with Crippen molar-refractivity contribution in [2.45, 2.75) is 26.3 Å². The molecule has 1 aromatic carbocycles. The Bertz CT molecular complexity index is 563. The predicted molar refractivity (Wildman–Crippen MR) is 74.2 cm³/mol. The molecule has 2 aromatic rings. The van der Waals surface area contributed by atoms with Gasteiger partial charge in [0, 0.05) is 22.7 Å². The van der Waals surface area contributed by atoms with Gasteiger partial charge in [-0.15, -0.1) is 0 Å². The normalized spacial score (nSPS) is 12.2. The average molecular weight is 279 g/mol. The van der Waals surface area contributed by atoms with E-state index < -0.39 is 0 Å². The molecule has 2 rings (SSSR count). The van der Waals surface area contributed by atoms with Crippen molar-refractivity contribution in [3.8, 4) is 11.3 Å². The molecule has 0 saturated carbocycles. The molecular formula is C14H15ClN2O2. The number of halogens is 1. The van der Waals surface area contributed by atoms with E-state index in [1.165, 1.54) is 0 Å². The summed E-state index contributed by atoms with van der Waals surface area (Å²) in [4.78, 5) is 11.9. The number of carbonyl (C=O) groups is 1. The average Bonchev–Trinajstić information content (AvgIpc) is 2.89. The van der Waals surface area contributed by atoms with Gasteiger partial charge in [-0.1, -0.05) is 23.7 Å².